The summed E-state index contributed by atoms with van der Waals surface area (Å²) < 4.78 is 32.5. The fourth-order valence-corrected chi connectivity index (χ4v) is 6.30. The van der Waals surface area contributed by atoms with Gasteiger partial charge in [-0.2, -0.15) is 0 Å². The van der Waals surface area contributed by atoms with Gasteiger partial charge in [-0.3, -0.25) is 18.6 Å². The van der Waals surface area contributed by atoms with Crippen LogP contribution < -0.4 is 0 Å². The molecule has 0 saturated heterocycles. The zero-order valence-corrected chi connectivity index (χ0v) is 28.8. The Bertz CT molecular complexity index is 844. The number of aliphatic hydroxyl groups excluding tert-OH is 5. The third-order valence-electron chi connectivity index (χ3n) is 8.25. The molecule has 1 rings (SSSR count). The molecular weight excluding hydrogens is 623 g/mol. The van der Waals surface area contributed by atoms with E-state index in [4.69, 9.17) is 18.5 Å². The van der Waals surface area contributed by atoms with Gasteiger partial charge in [-0.15, -0.1) is 0 Å². The molecule has 0 bridgehead atoms. The molecule has 1 aliphatic carbocycles. The van der Waals surface area contributed by atoms with Crippen LogP contribution in [0.15, 0.2) is 0 Å². The number of ether oxygens (including phenoxy) is 2. The van der Waals surface area contributed by atoms with Gasteiger partial charge in [0.15, 0.2) is 6.10 Å². The molecule has 14 heteroatoms. The summed E-state index contributed by atoms with van der Waals surface area (Å²) in [5.74, 6) is -1.19. The van der Waals surface area contributed by atoms with Crippen molar-refractivity contribution in [1.29, 1.82) is 0 Å². The number of hydrogen-bond acceptors (Lipinski definition) is 12. The zero-order valence-electron chi connectivity index (χ0n) is 27.9. The molecule has 1 aliphatic rings. The Labute approximate surface area is 274 Å². The Kier molecular flexibility index (Phi) is 23.2. The van der Waals surface area contributed by atoms with Crippen molar-refractivity contribution in [2.24, 2.45) is 0 Å². The van der Waals surface area contributed by atoms with Gasteiger partial charge in [0.25, 0.3) is 0 Å². The number of rotatable bonds is 27. The third kappa shape index (κ3) is 18.4. The topological polar surface area (TPSA) is 210 Å². The second-order valence-electron chi connectivity index (χ2n) is 12.3. The van der Waals surface area contributed by atoms with E-state index in [9.17, 15) is 44.6 Å². The molecule has 0 aromatic heterocycles. The standard InChI is InChI=1S/C32H61O13P/c1-3-5-6-7-8-9-10-11-12-13-14-15-16-17-18-19-20-21-26(34)44-24(22-42-25(33)4-2)23-43-46(40,41)45-32-30(38)28(36)27(35)29(37)31(32)39/h24,27-32,35-39H,3-23H2,1-2H3,(H,40,41). The molecule has 0 aromatic carbocycles. The molecule has 0 aromatic rings. The van der Waals surface area contributed by atoms with Crippen molar-refractivity contribution in [3.63, 3.8) is 0 Å². The van der Waals surface area contributed by atoms with Gasteiger partial charge >= 0.3 is 19.8 Å². The number of esters is 2. The van der Waals surface area contributed by atoms with Gasteiger partial charge in [-0.1, -0.05) is 117 Å². The average Bonchev–Trinajstić information content (AvgIpc) is 3.03. The molecule has 13 nitrogen and oxygen atoms in total. The predicted molar refractivity (Wildman–Crippen MR) is 171 cm³/mol. The first-order valence-corrected chi connectivity index (χ1v) is 18.8. The van der Waals surface area contributed by atoms with Crippen molar-refractivity contribution in [3.05, 3.63) is 0 Å². The number of unbranched alkanes of at least 4 members (excludes halogenated alkanes) is 16. The number of hydrogen-bond donors (Lipinski definition) is 6. The van der Waals surface area contributed by atoms with E-state index in [0.29, 0.717) is 6.42 Å². The van der Waals surface area contributed by atoms with Crippen LogP contribution in [0.3, 0.4) is 0 Å². The van der Waals surface area contributed by atoms with E-state index in [0.717, 1.165) is 19.3 Å². The van der Waals surface area contributed by atoms with E-state index >= 15 is 0 Å². The first-order valence-electron chi connectivity index (χ1n) is 17.3. The van der Waals surface area contributed by atoms with Crippen LogP contribution in [0.4, 0.5) is 0 Å². The highest BCUT2D eigenvalue weighted by Gasteiger charge is 2.51. The Morgan fingerprint density at radius 2 is 1.02 bits per heavy atom. The minimum Gasteiger partial charge on any atom is -0.462 e. The molecule has 6 atom stereocenters. The summed E-state index contributed by atoms with van der Waals surface area (Å²) in [4.78, 5) is 34.2. The lowest BCUT2D eigenvalue weighted by atomic mass is 9.85. The first-order chi connectivity index (χ1) is 21.9. The van der Waals surface area contributed by atoms with Crippen LogP contribution in [0.25, 0.3) is 0 Å². The maximum Gasteiger partial charge on any atom is 0.472 e. The second kappa shape index (κ2) is 24.9. The summed E-state index contributed by atoms with van der Waals surface area (Å²) in [5.41, 5.74) is 0. The first kappa shape index (κ1) is 42.9. The van der Waals surface area contributed by atoms with Crippen LogP contribution in [-0.4, -0.2) is 98.3 Å². The molecular formula is C32H61O13P. The van der Waals surface area contributed by atoms with Crippen LogP contribution in [-0.2, 0) is 32.7 Å². The molecule has 0 radical (unpaired) electrons. The Hall–Kier alpha value is -1.15. The monoisotopic (exact) mass is 684 g/mol. The summed E-state index contributed by atoms with van der Waals surface area (Å²) in [7, 11) is -5.07. The molecule has 0 amide bonds. The Morgan fingerprint density at radius 1 is 0.609 bits per heavy atom. The van der Waals surface area contributed by atoms with Gasteiger partial charge < -0.3 is 39.9 Å². The number of aliphatic hydroxyl groups is 5. The number of carbonyl (C=O) groups excluding carboxylic acids is 2. The molecule has 46 heavy (non-hydrogen) atoms. The lowest BCUT2D eigenvalue weighted by Crippen LogP contribution is -2.64. The Morgan fingerprint density at radius 3 is 1.46 bits per heavy atom. The lowest BCUT2D eigenvalue weighted by Gasteiger charge is -2.41. The second-order valence-corrected chi connectivity index (χ2v) is 13.7. The van der Waals surface area contributed by atoms with Gasteiger partial charge in [0.1, 0.15) is 43.2 Å². The van der Waals surface area contributed by atoms with Crippen molar-refractivity contribution in [1.82, 2.24) is 0 Å². The van der Waals surface area contributed by atoms with Gasteiger partial charge in [-0.05, 0) is 6.42 Å². The van der Waals surface area contributed by atoms with Gasteiger partial charge in [-0.25, -0.2) is 4.57 Å². The highest BCUT2D eigenvalue weighted by molar-refractivity contribution is 7.47. The number of phosphoric acid groups is 1. The number of phosphoric ester groups is 1. The van der Waals surface area contributed by atoms with Crippen molar-refractivity contribution in [2.45, 2.75) is 179 Å². The quantitative estimate of drug-likeness (QED) is 0.0407. The zero-order chi connectivity index (χ0) is 34.4. The number of carbonyl (C=O) groups is 2. The molecule has 0 aliphatic heterocycles. The van der Waals surface area contributed by atoms with Crippen molar-refractivity contribution in [2.75, 3.05) is 13.2 Å². The molecule has 1 fully saturated rings. The normalized spacial score (nSPS) is 25.1. The summed E-state index contributed by atoms with van der Waals surface area (Å²) in [5, 5.41) is 49.4. The van der Waals surface area contributed by atoms with E-state index in [1.54, 1.807) is 6.92 Å². The Balaban J connectivity index is 2.30. The third-order valence-corrected chi connectivity index (χ3v) is 9.24. The molecule has 6 N–H and O–H groups in total. The maximum atomic E-state index is 12.5. The minimum absolute atomic E-state index is 0.0519. The molecule has 272 valence electrons. The van der Waals surface area contributed by atoms with Gasteiger partial charge in [0.05, 0.1) is 6.61 Å². The summed E-state index contributed by atoms with van der Waals surface area (Å²) in [6.07, 6.45) is 7.60. The van der Waals surface area contributed by atoms with E-state index < -0.39 is 75.7 Å². The van der Waals surface area contributed by atoms with Gasteiger partial charge in [0.2, 0.25) is 0 Å². The fraction of sp³-hybridized carbons (Fsp3) is 0.938. The van der Waals surface area contributed by atoms with Crippen LogP contribution in [0.2, 0.25) is 0 Å². The molecule has 1 saturated carbocycles. The summed E-state index contributed by atoms with van der Waals surface area (Å²) in [6.45, 7) is 2.62. The van der Waals surface area contributed by atoms with Crippen LogP contribution in [0.5, 0.6) is 0 Å². The maximum absolute atomic E-state index is 12.5. The highest BCUT2D eigenvalue weighted by atomic mass is 31.2. The van der Waals surface area contributed by atoms with Gasteiger partial charge in [0, 0.05) is 12.8 Å². The molecule has 0 spiro atoms. The summed E-state index contributed by atoms with van der Waals surface area (Å²) >= 11 is 0. The molecule has 6 unspecified atom stereocenters. The van der Waals surface area contributed by atoms with Crippen molar-refractivity contribution >= 4 is 19.8 Å². The van der Waals surface area contributed by atoms with Crippen molar-refractivity contribution < 1.29 is 63.1 Å². The van der Waals surface area contributed by atoms with E-state index in [-0.39, 0.29) is 12.8 Å². The predicted octanol–water partition coefficient (Wildman–Crippen LogP) is 4.21. The van der Waals surface area contributed by atoms with E-state index in [1.165, 1.54) is 83.5 Å². The fourth-order valence-electron chi connectivity index (χ4n) is 5.33. The summed E-state index contributed by atoms with van der Waals surface area (Å²) in [6, 6.07) is 0. The smallest absolute Gasteiger partial charge is 0.462 e. The SMILES string of the molecule is CCCCCCCCCCCCCCCCCCCC(=O)OC(COC(=O)CC)COP(=O)(O)OC1C(O)C(O)C(O)C(O)C1O. The van der Waals surface area contributed by atoms with Crippen LogP contribution >= 0.6 is 7.82 Å². The van der Waals surface area contributed by atoms with E-state index in [1.807, 2.05) is 0 Å². The van der Waals surface area contributed by atoms with Crippen LogP contribution in [0, 0.1) is 0 Å². The largest absolute Gasteiger partial charge is 0.472 e. The van der Waals surface area contributed by atoms with Crippen molar-refractivity contribution in [3.8, 4) is 0 Å². The molecule has 0 heterocycles. The highest BCUT2D eigenvalue weighted by Crippen LogP contribution is 2.47. The van der Waals surface area contributed by atoms with E-state index in [2.05, 4.69) is 6.92 Å². The minimum atomic E-state index is -5.07. The van der Waals surface area contributed by atoms with Crippen LogP contribution in [0.1, 0.15) is 136 Å². The lowest BCUT2D eigenvalue weighted by molar-refractivity contribution is -0.220. The average molecular weight is 685 g/mol.